The van der Waals surface area contributed by atoms with Crippen molar-refractivity contribution in [2.45, 2.75) is 26.3 Å². The van der Waals surface area contributed by atoms with Crippen LogP contribution in [0.5, 0.6) is 0 Å². The summed E-state index contributed by atoms with van der Waals surface area (Å²) < 4.78 is 33.2. The molecule has 102 valence electrons. The number of rotatable bonds is 4. The van der Waals surface area contributed by atoms with Gasteiger partial charge in [-0.15, -0.1) is 0 Å². The van der Waals surface area contributed by atoms with E-state index >= 15 is 0 Å². The highest BCUT2D eigenvalue weighted by Gasteiger charge is 2.21. The van der Waals surface area contributed by atoms with E-state index in [0.717, 1.165) is 12.2 Å². The fraction of sp³-hybridized carbons (Fsp3) is 0.333. The predicted molar refractivity (Wildman–Crippen MR) is 70.1 cm³/mol. The molecular formula is C15H17F2NO. The number of furan rings is 1. The van der Waals surface area contributed by atoms with Crippen LogP contribution >= 0.6 is 0 Å². The lowest BCUT2D eigenvalue weighted by Gasteiger charge is -2.16. The molecule has 0 aliphatic carbocycles. The number of hydrogen-bond acceptors (Lipinski definition) is 2. The zero-order valence-corrected chi connectivity index (χ0v) is 11.3. The average Bonchev–Trinajstić information content (AvgIpc) is 2.85. The molecule has 0 amide bonds. The highest BCUT2D eigenvalue weighted by Crippen LogP contribution is 2.27. The highest BCUT2D eigenvalue weighted by molar-refractivity contribution is 5.32. The Balaban J connectivity index is 2.44. The molecule has 1 unspecified atom stereocenters. The van der Waals surface area contributed by atoms with Gasteiger partial charge >= 0.3 is 0 Å². The summed E-state index contributed by atoms with van der Waals surface area (Å²) in [4.78, 5) is 0. The van der Waals surface area contributed by atoms with Crippen LogP contribution in [0.3, 0.4) is 0 Å². The maximum atomic E-state index is 14.0. The van der Waals surface area contributed by atoms with Gasteiger partial charge in [-0.05, 0) is 43.8 Å². The van der Waals surface area contributed by atoms with E-state index in [2.05, 4.69) is 5.32 Å². The molecule has 0 saturated heterocycles. The SMILES string of the molecule is CCc1ccc(C(NC)c2cc(F)c(C)cc2F)o1. The first kappa shape index (κ1) is 13.7. The van der Waals surface area contributed by atoms with Crippen molar-refractivity contribution in [1.29, 1.82) is 0 Å². The topological polar surface area (TPSA) is 25.2 Å². The number of aryl methyl sites for hydroxylation is 2. The standard InChI is InChI=1S/C15H17F2NO/c1-4-10-5-6-14(19-10)15(18-3)11-8-12(16)9(2)7-13(11)17/h5-8,15,18H,4H2,1-3H3. The lowest BCUT2D eigenvalue weighted by Crippen LogP contribution is -2.19. The van der Waals surface area contributed by atoms with E-state index in [-0.39, 0.29) is 5.56 Å². The van der Waals surface area contributed by atoms with Crippen molar-refractivity contribution in [3.63, 3.8) is 0 Å². The lowest BCUT2D eigenvalue weighted by molar-refractivity contribution is 0.425. The summed E-state index contributed by atoms with van der Waals surface area (Å²) in [6.45, 7) is 3.52. The van der Waals surface area contributed by atoms with E-state index in [1.807, 2.05) is 13.0 Å². The van der Waals surface area contributed by atoms with Crippen molar-refractivity contribution >= 4 is 0 Å². The largest absolute Gasteiger partial charge is 0.464 e. The van der Waals surface area contributed by atoms with Gasteiger partial charge in [-0.2, -0.15) is 0 Å². The summed E-state index contributed by atoms with van der Waals surface area (Å²) >= 11 is 0. The molecule has 4 heteroatoms. The minimum absolute atomic E-state index is 0.252. The molecule has 2 aromatic rings. The van der Waals surface area contributed by atoms with Crippen LogP contribution in [0, 0.1) is 18.6 Å². The second-order valence-electron chi connectivity index (χ2n) is 4.50. The Hall–Kier alpha value is -1.68. The summed E-state index contributed by atoms with van der Waals surface area (Å²) in [5.41, 5.74) is 0.549. The molecule has 0 radical (unpaired) electrons. The third-order valence-corrected chi connectivity index (χ3v) is 3.19. The minimum atomic E-state index is -0.490. The first-order chi connectivity index (χ1) is 9.06. The van der Waals surface area contributed by atoms with E-state index in [9.17, 15) is 8.78 Å². The molecule has 0 saturated carbocycles. The molecule has 1 heterocycles. The summed E-state index contributed by atoms with van der Waals surface area (Å²) in [6, 6.07) is 5.58. The molecule has 0 aliphatic heterocycles. The molecule has 1 aromatic heterocycles. The molecule has 2 nitrogen and oxygen atoms in total. The maximum absolute atomic E-state index is 14.0. The van der Waals surface area contributed by atoms with Crippen molar-refractivity contribution < 1.29 is 13.2 Å². The predicted octanol–water partition coefficient (Wildman–Crippen LogP) is 3.74. The van der Waals surface area contributed by atoms with Crippen LogP contribution in [0.15, 0.2) is 28.7 Å². The summed E-state index contributed by atoms with van der Waals surface area (Å²) in [5.74, 6) is 0.552. The smallest absolute Gasteiger partial charge is 0.128 e. The van der Waals surface area contributed by atoms with E-state index in [1.54, 1.807) is 20.0 Å². The monoisotopic (exact) mass is 265 g/mol. The Kier molecular flexibility index (Phi) is 4.00. The molecule has 1 atom stereocenters. The van der Waals surface area contributed by atoms with Gasteiger partial charge in [0.2, 0.25) is 0 Å². The van der Waals surface area contributed by atoms with E-state index in [4.69, 9.17) is 4.42 Å². The Bertz CT molecular complexity index is 578. The molecule has 0 bridgehead atoms. The second kappa shape index (κ2) is 5.53. The minimum Gasteiger partial charge on any atom is -0.464 e. The van der Waals surface area contributed by atoms with Gasteiger partial charge in [-0.25, -0.2) is 8.78 Å². The molecule has 1 N–H and O–H groups in total. The van der Waals surface area contributed by atoms with E-state index in [1.165, 1.54) is 12.1 Å². The van der Waals surface area contributed by atoms with Crippen LogP contribution in [-0.4, -0.2) is 7.05 Å². The van der Waals surface area contributed by atoms with Crippen molar-refractivity contribution in [3.05, 3.63) is 58.5 Å². The van der Waals surface area contributed by atoms with Crippen LogP contribution in [0.25, 0.3) is 0 Å². The van der Waals surface area contributed by atoms with Gasteiger partial charge in [0.25, 0.3) is 0 Å². The van der Waals surface area contributed by atoms with Crippen molar-refractivity contribution in [2.24, 2.45) is 0 Å². The normalized spacial score (nSPS) is 12.7. The number of hydrogen-bond donors (Lipinski definition) is 1. The van der Waals surface area contributed by atoms with Crippen LogP contribution < -0.4 is 5.32 Å². The zero-order chi connectivity index (χ0) is 14.0. The van der Waals surface area contributed by atoms with Gasteiger partial charge in [0.05, 0.1) is 6.04 Å². The van der Waals surface area contributed by atoms with Gasteiger partial charge in [0, 0.05) is 12.0 Å². The van der Waals surface area contributed by atoms with Gasteiger partial charge in [0.1, 0.15) is 23.2 Å². The molecule has 1 aromatic carbocycles. The molecule has 19 heavy (non-hydrogen) atoms. The second-order valence-corrected chi connectivity index (χ2v) is 4.50. The van der Waals surface area contributed by atoms with Crippen molar-refractivity contribution in [1.82, 2.24) is 5.32 Å². The van der Waals surface area contributed by atoms with Crippen molar-refractivity contribution in [2.75, 3.05) is 7.05 Å². The third kappa shape index (κ3) is 2.68. The lowest BCUT2D eigenvalue weighted by atomic mass is 10.0. The first-order valence-electron chi connectivity index (χ1n) is 6.28. The highest BCUT2D eigenvalue weighted by atomic mass is 19.1. The Labute approximate surface area is 111 Å². The van der Waals surface area contributed by atoms with Crippen LogP contribution in [0.4, 0.5) is 8.78 Å². The molecule has 0 fully saturated rings. The Morgan fingerprint density at radius 1 is 1.21 bits per heavy atom. The fourth-order valence-corrected chi connectivity index (χ4v) is 2.07. The van der Waals surface area contributed by atoms with Gasteiger partial charge in [0.15, 0.2) is 0 Å². The summed E-state index contributed by atoms with van der Waals surface area (Å²) in [6.07, 6.45) is 0.765. The van der Waals surface area contributed by atoms with E-state index < -0.39 is 17.7 Å². The third-order valence-electron chi connectivity index (χ3n) is 3.19. The summed E-state index contributed by atoms with van der Waals surface area (Å²) in [7, 11) is 1.69. The first-order valence-corrected chi connectivity index (χ1v) is 6.28. The molecule has 0 aliphatic rings. The Morgan fingerprint density at radius 3 is 2.53 bits per heavy atom. The summed E-state index contributed by atoms with van der Waals surface area (Å²) in [5, 5.41) is 2.96. The Morgan fingerprint density at radius 2 is 1.95 bits per heavy atom. The van der Waals surface area contributed by atoms with Crippen LogP contribution in [0.2, 0.25) is 0 Å². The van der Waals surface area contributed by atoms with Gasteiger partial charge in [-0.3, -0.25) is 0 Å². The average molecular weight is 265 g/mol. The maximum Gasteiger partial charge on any atom is 0.128 e. The number of halogens is 2. The van der Waals surface area contributed by atoms with Gasteiger partial charge in [-0.1, -0.05) is 6.92 Å². The molecule has 0 spiro atoms. The fourth-order valence-electron chi connectivity index (χ4n) is 2.07. The molecular weight excluding hydrogens is 248 g/mol. The molecule has 2 rings (SSSR count). The zero-order valence-electron chi connectivity index (χ0n) is 11.3. The van der Waals surface area contributed by atoms with Crippen molar-refractivity contribution in [3.8, 4) is 0 Å². The van der Waals surface area contributed by atoms with Gasteiger partial charge < -0.3 is 9.73 Å². The van der Waals surface area contributed by atoms with E-state index in [0.29, 0.717) is 11.3 Å². The number of benzene rings is 1. The van der Waals surface area contributed by atoms with Crippen LogP contribution in [0.1, 0.15) is 35.6 Å². The number of nitrogens with one attached hydrogen (secondary N) is 1. The quantitative estimate of drug-likeness (QED) is 0.911. The van der Waals surface area contributed by atoms with Crippen LogP contribution in [-0.2, 0) is 6.42 Å².